The van der Waals surface area contributed by atoms with Crippen LogP contribution in [0, 0.1) is 13.8 Å². The molecule has 1 aliphatic rings. The number of benzene rings is 1. The van der Waals surface area contributed by atoms with E-state index in [1.165, 1.54) is 11.1 Å². The molecular weight excluding hydrogens is 360 g/mol. The van der Waals surface area contributed by atoms with Crippen LogP contribution in [0.2, 0.25) is 5.02 Å². The summed E-state index contributed by atoms with van der Waals surface area (Å²) in [6, 6.07) is 13.8. The number of nitrogens with zero attached hydrogens (tertiary/aromatic N) is 4. The van der Waals surface area contributed by atoms with Crippen LogP contribution < -0.4 is 0 Å². The van der Waals surface area contributed by atoms with Crippen LogP contribution in [-0.4, -0.2) is 32.6 Å². The summed E-state index contributed by atoms with van der Waals surface area (Å²) in [6.07, 6.45) is 1.89. The van der Waals surface area contributed by atoms with Crippen LogP contribution >= 0.6 is 11.6 Å². The fourth-order valence-electron chi connectivity index (χ4n) is 3.81. The first-order valence-electron chi connectivity index (χ1n) is 9.01. The Balaban J connectivity index is 1.68. The summed E-state index contributed by atoms with van der Waals surface area (Å²) in [5, 5.41) is 4.80. The minimum Gasteiger partial charge on any atom is -0.333 e. The van der Waals surface area contributed by atoms with Gasteiger partial charge in [0.25, 0.3) is 5.91 Å². The lowest BCUT2D eigenvalue weighted by Gasteiger charge is -2.25. The summed E-state index contributed by atoms with van der Waals surface area (Å²) in [5.41, 5.74) is 4.63. The fraction of sp³-hybridized carbons (Fsp3) is 0.286. The van der Waals surface area contributed by atoms with Gasteiger partial charge in [-0.3, -0.25) is 4.79 Å². The van der Waals surface area contributed by atoms with Crippen LogP contribution in [0.1, 0.15) is 45.5 Å². The van der Waals surface area contributed by atoms with E-state index in [-0.39, 0.29) is 17.6 Å². The average Bonchev–Trinajstić information content (AvgIpc) is 3.24. The van der Waals surface area contributed by atoms with E-state index in [4.69, 9.17) is 11.6 Å². The summed E-state index contributed by atoms with van der Waals surface area (Å²) >= 11 is 6.33. The van der Waals surface area contributed by atoms with Crippen LogP contribution in [0.3, 0.4) is 0 Å². The highest BCUT2D eigenvalue weighted by Crippen LogP contribution is 2.35. The number of amides is 1. The molecule has 1 aliphatic carbocycles. The highest BCUT2D eigenvalue weighted by Gasteiger charge is 2.30. The summed E-state index contributed by atoms with van der Waals surface area (Å²) in [7, 11) is 1.82. The van der Waals surface area contributed by atoms with E-state index >= 15 is 0 Å². The molecule has 1 amide bonds. The van der Waals surface area contributed by atoms with Gasteiger partial charge in [0.1, 0.15) is 5.69 Å². The lowest BCUT2D eigenvalue weighted by Crippen LogP contribution is -2.31. The lowest BCUT2D eigenvalue weighted by atomic mass is 10.1. The molecule has 0 aliphatic heterocycles. The molecule has 2 aromatic heterocycles. The summed E-state index contributed by atoms with van der Waals surface area (Å²) in [6.45, 7) is 3.89. The van der Waals surface area contributed by atoms with Crippen LogP contribution in [0.5, 0.6) is 0 Å². The molecular formula is C21H21ClN4O. The van der Waals surface area contributed by atoms with Crippen molar-refractivity contribution in [3.05, 3.63) is 75.7 Å². The maximum atomic E-state index is 13.2. The number of aromatic nitrogens is 3. The highest BCUT2D eigenvalue weighted by atomic mass is 35.5. The molecule has 6 heteroatoms. The van der Waals surface area contributed by atoms with Crippen molar-refractivity contribution in [3.63, 3.8) is 0 Å². The molecule has 0 fully saturated rings. The van der Waals surface area contributed by atoms with Gasteiger partial charge in [0.2, 0.25) is 0 Å². The van der Waals surface area contributed by atoms with E-state index in [2.05, 4.69) is 22.2 Å². The summed E-state index contributed by atoms with van der Waals surface area (Å²) in [5.74, 6) is 0.415. The zero-order chi connectivity index (χ0) is 19.1. The number of halogens is 1. The quantitative estimate of drug-likeness (QED) is 0.680. The molecule has 27 heavy (non-hydrogen) atoms. The van der Waals surface area contributed by atoms with Gasteiger partial charge in [-0.05, 0) is 56.0 Å². The van der Waals surface area contributed by atoms with Crippen LogP contribution in [0.15, 0.2) is 42.5 Å². The SMILES string of the molecule is Cc1cc(C)n(-c2ccc(Cl)c(C(=O)N(C)C3CCc4ccccc43)n2)n1. The van der Waals surface area contributed by atoms with Gasteiger partial charge >= 0.3 is 0 Å². The average molecular weight is 381 g/mol. The van der Waals surface area contributed by atoms with Gasteiger partial charge in [0, 0.05) is 12.7 Å². The summed E-state index contributed by atoms with van der Waals surface area (Å²) < 4.78 is 1.73. The van der Waals surface area contributed by atoms with Gasteiger partial charge in [-0.2, -0.15) is 5.10 Å². The van der Waals surface area contributed by atoms with Crippen LogP contribution in [-0.2, 0) is 6.42 Å². The minimum atomic E-state index is -0.176. The number of rotatable bonds is 3. The number of carbonyl (C=O) groups is 1. The molecule has 0 saturated heterocycles. The van der Waals surface area contributed by atoms with Gasteiger partial charge in [-0.15, -0.1) is 0 Å². The van der Waals surface area contributed by atoms with Crippen molar-refractivity contribution < 1.29 is 4.79 Å². The van der Waals surface area contributed by atoms with E-state index in [1.807, 2.05) is 39.1 Å². The molecule has 1 aromatic carbocycles. The van der Waals surface area contributed by atoms with Crippen LogP contribution in [0.25, 0.3) is 5.82 Å². The van der Waals surface area contributed by atoms with E-state index in [0.29, 0.717) is 10.8 Å². The Kier molecular flexibility index (Phi) is 4.48. The number of hydrogen-bond donors (Lipinski definition) is 0. The smallest absolute Gasteiger partial charge is 0.274 e. The molecule has 3 aromatic rings. The molecule has 1 unspecified atom stereocenters. The molecule has 0 spiro atoms. The molecule has 0 N–H and O–H groups in total. The predicted molar refractivity (Wildman–Crippen MR) is 105 cm³/mol. The molecule has 5 nitrogen and oxygen atoms in total. The second kappa shape index (κ2) is 6.82. The zero-order valence-electron chi connectivity index (χ0n) is 15.6. The van der Waals surface area contributed by atoms with Crippen molar-refractivity contribution in [1.82, 2.24) is 19.7 Å². The lowest BCUT2D eigenvalue weighted by molar-refractivity contribution is 0.0724. The molecule has 138 valence electrons. The molecule has 1 atom stereocenters. The van der Waals surface area contributed by atoms with Gasteiger partial charge < -0.3 is 4.90 Å². The second-order valence-electron chi connectivity index (χ2n) is 7.01. The van der Waals surface area contributed by atoms with Crippen molar-refractivity contribution in [3.8, 4) is 5.82 Å². The standard InChI is InChI=1S/C21H21ClN4O/c1-13-12-14(2)26(24-13)19-11-9-17(22)20(23-19)21(27)25(3)18-10-8-15-6-4-5-7-16(15)18/h4-7,9,11-12,18H,8,10H2,1-3H3. The van der Waals surface area contributed by atoms with E-state index in [1.54, 1.807) is 21.7 Å². The topological polar surface area (TPSA) is 51.0 Å². The third-order valence-corrected chi connectivity index (χ3v) is 5.45. The maximum Gasteiger partial charge on any atom is 0.274 e. The van der Waals surface area contributed by atoms with Gasteiger partial charge in [0.15, 0.2) is 5.82 Å². The molecule has 4 rings (SSSR count). The molecule has 0 bridgehead atoms. The monoisotopic (exact) mass is 380 g/mol. The Morgan fingerprint density at radius 1 is 1.22 bits per heavy atom. The molecule has 0 radical (unpaired) electrons. The molecule has 0 saturated carbocycles. The van der Waals surface area contributed by atoms with Crippen molar-refractivity contribution in [2.45, 2.75) is 32.7 Å². The number of aryl methyl sites for hydroxylation is 3. The van der Waals surface area contributed by atoms with E-state index in [0.717, 1.165) is 24.2 Å². The Labute approximate surface area is 163 Å². The normalized spacial score (nSPS) is 15.6. The third-order valence-electron chi connectivity index (χ3n) is 5.15. The Hall–Kier alpha value is -2.66. The number of fused-ring (bicyclic) bond motifs is 1. The van der Waals surface area contributed by atoms with E-state index in [9.17, 15) is 4.79 Å². The van der Waals surface area contributed by atoms with Gasteiger partial charge in [-0.25, -0.2) is 9.67 Å². The number of hydrogen-bond acceptors (Lipinski definition) is 3. The Morgan fingerprint density at radius 2 is 2.00 bits per heavy atom. The van der Waals surface area contributed by atoms with Gasteiger partial charge in [-0.1, -0.05) is 35.9 Å². The number of carbonyl (C=O) groups excluding carboxylic acids is 1. The van der Waals surface area contributed by atoms with Crippen molar-refractivity contribution in [1.29, 1.82) is 0 Å². The third kappa shape index (κ3) is 3.12. The first kappa shape index (κ1) is 17.7. The van der Waals surface area contributed by atoms with Crippen molar-refractivity contribution in [2.24, 2.45) is 0 Å². The first-order chi connectivity index (χ1) is 13.0. The zero-order valence-corrected chi connectivity index (χ0v) is 16.4. The Bertz CT molecular complexity index is 1030. The Morgan fingerprint density at radius 3 is 2.74 bits per heavy atom. The first-order valence-corrected chi connectivity index (χ1v) is 9.38. The highest BCUT2D eigenvalue weighted by molar-refractivity contribution is 6.33. The second-order valence-corrected chi connectivity index (χ2v) is 7.42. The van der Waals surface area contributed by atoms with Crippen LogP contribution in [0.4, 0.5) is 0 Å². The number of pyridine rings is 1. The largest absolute Gasteiger partial charge is 0.333 e. The predicted octanol–water partition coefficient (Wildman–Crippen LogP) is 4.30. The minimum absolute atomic E-state index is 0.0453. The van der Waals surface area contributed by atoms with Gasteiger partial charge in [0.05, 0.1) is 16.8 Å². The molecule has 2 heterocycles. The van der Waals surface area contributed by atoms with Crippen molar-refractivity contribution >= 4 is 17.5 Å². The summed E-state index contributed by atoms with van der Waals surface area (Å²) in [4.78, 5) is 19.5. The maximum absolute atomic E-state index is 13.2. The fourth-order valence-corrected chi connectivity index (χ4v) is 3.99. The van der Waals surface area contributed by atoms with E-state index < -0.39 is 0 Å². The van der Waals surface area contributed by atoms with Crippen molar-refractivity contribution in [2.75, 3.05) is 7.05 Å².